The molecule has 4 saturated carbocycles. The van der Waals surface area contributed by atoms with Gasteiger partial charge in [-0.3, -0.25) is 0 Å². The van der Waals surface area contributed by atoms with Crippen molar-refractivity contribution in [1.29, 1.82) is 0 Å². The summed E-state index contributed by atoms with van der Waals surface area (Å²) in [6, 6.07) is 0. The lowest BCUT2D eigenvalue weighted by Crippen LogP contribution is -2.44. The number of carboxylic acid groups (broad SMARTS) is 1. The first-order valence-electron chi connectivity index (χ1n) is 7.12. The minimum absolute atomic E-state index is 0.810. The summed E-state index contributed by atoms with van der Waals surface area (Å²) in [5, 5.41) is 8.57. The van der Waals surface area contributed by atoms with Gasteiger partial charge in [0.1, 0.15) is 0 Å². The number of carbonyl (C=O) groups is 1. The van der Waals surface area contributed by atoms with Gasteiger partial charge in [0.05, 0.1) is 0 Å². The van der Waals surface area contributed by atoms with Crippen molar-refractivity contribution in [1.82, 2.24) is 0 Å². The molecule has 1 N–H and O–H groups in total. The lowest BCUT2D eigenvalue weighted by molar-refractivity contribution is -0.131. The van der Waals surface area contributed by atoms with Crippen molar-refractivity contribution in [3.05, 3.63) is 12.2 Å². The second-order valence-electron chi connectivity index (χ2n) is 6.41. The Balaban J connectivity index is 1.55. The van der Waals surface area contributed by atoms with E-state index in [0.29, 0.717) is 0 Å². The largest absolute Gasteiger partial charge is 0.478 e. The van der Waals surface area contributed by atoms with Crippen LogP contribution in [-0.4, -0.2) is 11.1 Å². The van der Waals surface area contributed by atoms with Gasteiger partial charge in [-0.2, -0.15) is 0 Å². The van der Waals surface area contributed by atoms with Gasteiger partial charge in [0.25, 0.3) is 0 Å². The molecule has 4 aliphatic carbocycles. The highest BCUT2D eigenvalue weighted by Crippen LogP contribution is 2.57. The predicted molar refractivity (Wildman–Crippen MR) is 66.5 cm³/mol. The van der Waals surface area contributed by atoms with E-state index in [-0.39, 0.29) is 0 Å². The van der Waals surface area contributed by atoms with Crippen LogP contribution in [0.3, 0.4) is 0 Å². The van der Waals surface area contributed by atoms with Crippen LogP contribution in [0.25, 0.3) is 0 Å². The second-order valence-corrected chi connectivity index (χ2v) is 6.41. The topological polar surface area (TPSA) is 37.3 Å². The van der Waals surface area contributed by atoms with E-state index in [4.69, 9.17) is 5.11 Å². The molecule has 0 aromatic heterocycles. The van der Waals surface area contributed by atoms with E-state index in [9.17, 15) is 4.79 Å². The lowest BCUT2D eigenvalue weighted by atomic mass is 9.51. The molecule has 4 rings (SSSR count). The number of carboxylic acids is 1. The van der Waals surface area contributed by atoms with E-state index in [2.05, 4.69) is 0 Å². The van der Waals surface area contributed by atoms with Gasteiger partial charge < -0.3 is 5.11 Å². The average Bonchev–Trinajstić information content (AvgIpc) is 2.25. The molecule has 0 aromatic rings. The van der Waals surface area contributed by atoms with Crippen LogP contribution in [0.5, 0.6) is 0 Å². The average molecular weight is 234 g/mol. The minimum Gasteiger partial charge on any atom is -0.478 e. The summed E-state index contributed by atoms with van der Waals surface area (Å²) in [4.78, 5) is 10.4. The second kappa shape index (κ2) is 4.47. The summed E-state index contributed by atoms with van der Waals surface area (Å²) < 4.78 is 0. The van der Waals surface area contributed by atoms with Crippen molar-refractivity contribution in [3.63, 3.8) is 0 Å². The fourth-order valence-electron chi connectivity index (χ4n) is 4.98. The SMILES string of the molecule is O=C(O)/C=C/CCC1C2CC3CC(C2)CC1C3. The van der Waals surface area contributed by atoms with Crippen LogP contribution >= 0.6 is 0 Å². The van der Waals surface area contributed by atoms with Crippen LogP contribution in [0.15, 0.2) is 12.2 Å². The fourth-order valence-corrected chi connectivity index (χ4v) is 4.98. The highest BCUT2D eigenvalue weighted by molar-refractivity contribution is 5.79. The summed E-state index contributed by atoms with van der Waals surface area (Å²) in [7, 11) is 0. The maximum absolute atomic E-state index is 10.4. The standard InChI is InChI=1S/C15H22O2/c16-15(17)4-2-1-3-14-12-6-10-5-11(8-12)9-13(14)7-10/h2,4,10-14H,1,3,5-9H2,(H,16,17)/b4-2+. The number of aliphatic carboxylic acids is 1. The highest BCUT2D eigenvalue weighted by atomic mass is 16.4. The molecule has 0 amide bonds. The molecule has 0 heterocycles. The van der Waals surface area contributed by atoms with Crippen LogP contribution < -0.4 is 0 Å². The summed E-state index contributed by atoms with van der Waals surface area (Å²) in [5.41, 5.74) is 0. The van der Waals surface area contributed by atoms with Crippen LogP contribution in [-0.2, 0) is 4.79 Å². The first-order chi connectivity index (χ1) is 8.22. The number of rotatable bonds is 4. The van der Waals surface area contributed by atoms with Gasteiger partial charge in [-0.25, -0.2) is 4.79 Å². The predicted octanol–water partition coefficient (Wildman–Crippen LogP) is 3.48. The van der Waals surface area contributed by atoms with E-state index >= 15 is 0 Å². The van der Waals surface area contributed by atoms with Gasteiger partial charge in [-0.15, -0.1) is 0 Å². The smallest absolute Gasteiger partial charge is 0.327 e. The van der Waals surface area contributed by atoms with Gasteiger partial charge in [-0.1, -0.05) is 6.08 Å². The number of hydrogen-bond donors (Lipinski definition) is 1. The summed E-state index contributed by atoms with van der Waals surface area (Å²) in [6.07, 6.45) is 12.7. The Labute approximate surface area is 103 Å². The third-order valence-electron chi connectivity index (χ3n) is 5.35. The Morgan fingerprint density at radius 1 is 1.06 bits per heavy atom. The van der Waals surface area contributed by atoms with Crippen molar-refractivity contribution >= 4 is 5.97 Å². The zero-order valence-corrected chi connectivity index (χ0v) is 10.3. The zero-order valence-electron chi connectivity index (χ0n) is 10.3. The summed E-state index contributed by atoms with van der Waals surface area (Å²) in [5.74, 6) is 4.14. The summed E-state index contributed by atoms with van der Waals surface area (Å²) in [6.45, 7) is 0. The minimum atomic E-state index is -0.810. The molecule has 0 unspecified atom stereocenters. The molecular formula is C15H22O2. The van der Waals surface area contributed by atoms with E-state index in [1.165, 1.54) is 44.6 Å². The van der Waals surface area contributed by atoms with Crippen molar-refractivity contribution in [2.45, 2.75) is 44.9 Å². The van der Waals surface area contributed by atoms with Crippen molar-refractivity contribution in [3.8, 4) is 0 Å². The normalized spacial score (nSPS) is 43.4. The molecule has 4 aliphatic rings. The molecule has 2 heteroatoms. The molecule has 0 saturated heterocycles. The van der Waals surface area contributed by atoms with Crippen molar-refractivity contribution in [2.75, 3.05) is 0 Å². The van der Waals surface area contributed by atoms with E-state index in [1.807, 2.05) is 6.08 Å². The third kappa shape index (κ3) is 2.27. The molecule has 17 heavy (non-hydrogen) atoms. The maximum atomic E-state index is 10.4. The molecule has 2 nitrogen and oxygen atoms in total. The molecule has 0 atom stereocenters. The number of hydrogen-bond acceptors (Lipinski definition) is 1. The van der Waals surface area contributed by atoms with Gasteiger partial charge in [0.15, 0.2) is 0 Å². The molecule has 0 spiro atoms. The Kier molecular flexibility index (Phi) is 2.97. The van der Waals surface area contributed by atoms with Gasteiger partial charge in [0.2, 0.25) is 0 Å². The first kappa shape index (κ1) is 11.3. The van der Waals surface area contributed by atoms with Crippen molar-refractivity contribution in [2.24, 2.45) is 29.6 Å². The molecular weight excluding hydrogens is 212 g/mol. The van der Waals surface area contributed by atoms with E-state index < -0.39 is 5.97 Å². The molecule has 0 aliphatic heterocycles. The molecule has 4 bridgehead atoms. The Morgan fingerprint density at radius 2 is 1.65 bits per heavy atom. The van der Waals surface area contributed by atoms with E-state index in [1.54, 1.807) is 0 Å². The van der Waals surface area contributed by atoms with Gasteiger partial charge in [0, 0.05) is 6.08 Å². The molecule has 4 fully saturated rings. The van der Waals surface area contributed by atoms with Crippen LogP contribution in [0, 0.1) is 29.6 Å². The zero-order chi connectivity index (χ0) is 11.8. The molecule has 94 valence electrons. The van der Waals surface area contributed by atoms with Crippen LogP contribution in [0.1, 0.15) is 44.9 Å². The lowest BCUT2D eigenvalue weighted by Gasteiger charge is -2.54. The Hall–Kier alpha value is -0.790. The monoisotopic (exact) mass is 234 g/mol. The highest BCUT2D eigenvalue weighted by Gasteiger charge is 2.47. The van der Waals surface area contributed by atoms with Crippen molar-refractivity contribution < 1.29 is 9.90 Å². The van der Waals surface area contributed by atoms with Gasteiger partial charge >= 0.3 is 5.97 Å². The van der Waals surface area contributed by atoms with Gasteiger partial charge in [-0.05, 0) is 74.5 Å². The van der Waals surface area contributed by atoms with Crippen LogP contribution in [0.4, 0.5) is 0 Å². The van der Waals surface area contributed by atoms with Crippen LogP contribution in [0.2, 0.25) is 0 Å². The quantitative estimate of drug-likeness (QED) is 0.756. The molecule has 0 aromatic carbocycles. The Morgan fingerprint density at radius 3 is 2.18 bits per heavy atom. The first-order valence-corrected chi connectivity index (χ1v) is 7.12. The summed E-state index contributed by atoms with van der Waals surface area (Å²) >= 11 is 0. The maximum Gasteiger partial charge on any atom is 0.327 e. The Bertz CT molecular complexity index is 304. The van der Waals surface area contributed by atoms with E-state index in [0.717, 1.165) is 36.0 Å². The fraction of sp³-hybridized carbons (Fsp3) is 0.800. The number of allylic oxidation sites excluding steroid dienone is 1. The molecule has 0 radical (unpaired) electrons. The third-order valence-corrected chi connectivity index (χ3v) is 5.35.